The zero-order chi connectivity index (χ0) is 12.7. The van der Waals surface area contributed by atoms with Crippen LogP contribution in [0.2, 0.25) is 0 Å². The van der Waals surface area contributed by atoms with Gasteiger partial charge in [0.05, 0.1) is 12.7 Å². The number of ether oxygens (including phenoxy) is 1. The molecule has 2 aliphatic carbocycles. The van der Waals surface area contributed by atoms with Crippen LogP contribution >= 0.6 is 0 Å². The lowest BCUT2D eigenvalue weighted by Crippen LogP contribution is -2.41. The highest BCUT2D eigenvalue weighted by Crippen LogP contribution is 2.51. The predicted octanol–water partition coefficient (Wildman–Crippen LogP) is 2.21. The van der Waals surface area contributed by atoms with Crippen molar-refractivity contribution < 1.29 is 14.6 Å². The molecule has 2 rings (SSSR count). The van der Waals surface area contributed by atoms with E-state index in [0.29, 0.717) is 0 Å². The molecule has 1 N–H and O–H groups in total. The van der Waals surface area contributed by atoms with E-state index in [0.717, 1.165) is 19.3 Å². The topological polar surface area (TPSA) is 46.5 Å². The fourth-order valence-electron chi connectivity index (χ4n) is 2.86. The summed E-state index contributed by atoms with van der Waals surface area (Å²) in [4.78, 5) is 11.7. The summed E-state index contributed by atoms with van der Waals surface area (Å²) in [5.74, 6) is -0.266. The first-order valence-electron chi connectivity index (χ1n) is 6.07. The van der Waals surface area contributed by atoms with Crippen molar-refractivity contribution in [2.24, 2.45) is 10.8 Å². The van der Waals surface area contributed by atoms with Gasteiger partial charge in [0.15, 0.2) is 0 Å². The molecule has 1 spiro atoms. The van der Waals surface area contributed by atoms with E-state index < -0.39 is 11.0 Å². The standard InChI is InChI=1S/C14H20O3/c1-12(11(15)17-3)7-9-14(10-8-12)6-4-5-13(14,2)16/h7-10,16H,4-6H2,1-3H3/t12?,13-,14?/m1/s1. The quantitative estimate of drug-likeness (QED) is 0.561. The maximum Gasteiger partial charge on any atom is 0.319 e. The second-order valence-corrected chi connectivity index (χ2v) is 5.61. The maximum atomic E-state index is 11.7. The van der Waals surface area contributed by atoms with Crippen LogP contribution in [0, 0.1) is 10.8 Å². The zero-order valence-corrected chi connectivity index (χ0v) is 10.7. The van der Waals surface area contributed by atoms with E-state index in [2.05, 4.69) is 0 Å². The van der Waals surface area contributed by atoms with Crippen LogP contribution in [-0.2, 0) is 9.53 Å². The Morgan fingerprint density at radius 1 is 1.18 bits per heavy atom. The average Bonchev–Trinajstić information content (AvgIpc) is 2.58. The van der Waals surface area contributed by atoms with Crippen LogP contribution in [0.3, 0.4) is 0 Å². The molecule has 0 aromatic heterocycles. The fraction of sp³-hybridized carbons (Fsp3) is 0.643. The molecule has 0 aliphatic heterocycles. The number of carbonyl (C=O) groups is 1. The van der Waals surface area contributed by atoms with Crippen LogP contribution in [0.1, 0.15) is 33.1 Å². The van der Waals surface area contributed by atoms with E-state index in [9.17, 15) is 9.90 Å². The molecule has 0 aromatic rings. The molecule has 0 heterocycles. The van der Waals surface area contributed by atoms with E-state index in [1.165, 1.54) is 7.11 Å². The highest BCUT2D eigenvalue weighted by Gasteiger charge is 2.49. The Balaban J connectivity index is 2.29. The first-order valence-corrected chi connectivity index (χ1v) is 6.07. The molecule has 3 nitrogen and oxygen atoms in total. The zero-order valence-electron chi connectivity index (χ0n) is 10.7. The molecule has 1 fully saturated rings. The molecule has 0 unspecified atom stereocenters. The number of esters is 1. The molecule has 1 saturated carbocycles. The number of hydrogen-bond donors (Lipinski definition) is 1. The van der Waals surface area contributed by atoms with Crippen molar-refractivity contribution in [3.05, 3.63) is 24.3 Å². The van der Waals surface area contributed by atoms with Crippen molar-refractivity contribution in [2.45, 2.75) is 38.7 Å². The van der Waals surface area contributed by atoms with E-state index in [-0.39, 0.29) is 11.4 Å². The van der Waals surface area contributed by atoms with Crippen molar-refractivity contribution in [3.63, 3.8) is 0 Å². The van der Waals surface area contributed by atoms with Crippen LogP contribution in [0.4, 0.5) is 0 Å². The van der Waals surface area contributed by atoms with Crippen LogP contribution in [0.5, 0.6) is 0 Å². The van der Waals surface area contributed by atoms with E-state index in [1.807, 2.05) is 38.2 Å². The number of methoxy groups -OCH3 is 1. The summed E-state index contributed by atoms with van der Waals surface area (Å²) < 4.78 is 4.79. The average molecular weight is 236 g/mol. The van der Waals surface area contributed by atoms with Gasteiger partial charge in [-0.2, -0.15) is 0 Å². The molecule has 0 bridgehead atoms. The summed E-state index contributed by atoms with van der Waals surface area (Å²) in [7, 11) is 1.39. The van der Waals surface area contributed by atoms with Crippen molar-refractivity contribution in [2.75, 3.05) is 7.11 Å². The molecule has 0 amide bonds. The summed E-state index contributed by atoms with van der Waals surface area (Å²) in [6.45, 7) is 3.69. The van der Waals surface area contributed by atoms with Gasteiger partial charge in [0, 0.05) is 5.41 Å². The van der Waals surface area contributed by atoms with Gasteiger partial charge in [0.25, 0.3) is 0 Å². The Kier molecular flexibility index (Phi) is 2.69. The lowest BCUT2D eigenvalue weighted by atomic mass is 9.69. The molecule has 0 radical (unpaired) electrons. The van der Waals surface area contributed by atoms with Crippen molar-refractivity contribution in [1.82, 2.24) is 0 Å². The van der Waals surface area contributed by atoms with Gasteiger partial charge in [-0.3, -0.25) is 4.79 Å². The van der Waals surface area contributed by atoms with Crippen LogP contribution in [-0.4, -0.2) is 23.8 Å². The van der Waals surface area contributed by atoms with Gasteiger partial charge in [-0.15, -0.1) is 0 Å². The first-order chi connectivity index (χ1) is 7.85. The van der Waals surface area contributed by atoms with Crippen molar-refractivity contribution >= 4 is 5.97 Å². The van der Waals surface area contributed by atoms with Gasteiger partial charge in [-0.05, 0) is 33.1 Å². The lowest BCUT2D eigenvalue weighted by Gasteiger charge is -2.39. The summed E-state index contributed by atoms with van der Waals surface area (Å²) >= 11 is 0. The number of rotatable bonds is 1. The molecule has 17 heavy (non-hydrogen) atoms. The van der Waals surface area contributed by atoms with Gasteiger partial charge >= 0.3 is 5.97 Å². The number of carbonyl (C=O) groups excluding carboxylic acids is 1. The molecule has 94 valence electrons. The van der Waals surface area contributed by atoms with Gasteiger partial charge in [-0.25, -0.2) is 0 Å². The van der Waals surface area contributed by atoms with Crippen LogP contribution in [0.25, 0.3) is 0 Å². The largest absolute Gasteiger partial charge is 0.468 e. The van der Waals surface area contributed by atoms with Gasteiger partial charge in [0.1, 0.15) is 5.41 Å². The SMILES string of the molecule is COC(=O)C1(C)C=CC2(C=C1)CCC[C@@]2(C)O. The van der Waals surface area contributed by atoms with Crippen LogP contribution < -0.4 is 0 Å². The second kappa shape index (κ2) is 3.70. The number of hydrogen-bond acceptors (Lipinski definition) is 3. The van der Waals surface area contributed by atoms with Crippen molar-refractivity contribution in [3.8, 4) is 0 Å². The Morgan fingerprint density at radius 3 is 2.18 bits per heavy atom. The predicted molar refractivity (Wildman–Crippen MR) is 65.3 cm³/mol. The maximum absolute atomic E-state index is 11.7. The normalized spacial score (nSPS) is 44.2. The monoisotopic (exact) mass is 236 g/mol. The third-order valence-electron chi connectivity index (χ3n) is 4.34. The summed E-state index contributed by atoms with van der Waals surface area (Å²) in [6, 6.07) is 0. The number of aliphatic hydroxyl groups is 1. The van der Waals surface area contributed by atoms with E-state index in [4.69, 9.17) is 4.74 Å². The molecule has 0 aromatic carbocycles. The van der Waals surface area contributed by atoms with E-state index in [1.54, 1.807) is 0 Å². The minimum absolute atomic E-state index is 0.266. The molecule has 2 aliphatic rings. The Hall–Kier alpha value is -1.09. The Morgan fingerprint density at radius 2 is 1.76 bits per heavy atom. The van der Waals surface area contributed by atoms with Crippen molar-refractivity contribution in [1.29, 1.82) is 0 Å². The van der Waals surface area contributed by atoms with Gasteiger partial charge in [0.2, 0.25) is 0 Å². The van der Waals surface area contributed by atoms with Gasteiger partial charge < -0.3 is 9.84 Å². The first kappa shape index (κ1) is 12.4. The summed E-state index contributed by atoms with van der Waals surface area (Å²) in [6.07, 6.45) is 10.4. The van der Waals surface area contributed by atoms with Gasteiger partial charge in [-0.1, -0.05) is 24.3 Å². The highest BCUT2D eigenvalue weighted by atomic mass is 16.5. The second-order valence-electron chi connectivity index (χ2n) is 5.61. The molecule has 3 heteroatoms. The highest BCUT2D eigenvalue weighted by molar-refractivity contribution is 5.81. The summed E-state index contributed by atoms with van der Waals surface area (Å²) in [5.41, 5.74) is -1.71. The minimum atomic E-state index is -0.711. The fourth-order valence-corrected chi connectivity index (χ4v) is 2.86. The minimum Gasteiger partial charge on any atom is -0.468 e. The Bertz CT molecular complexity index is 376. The van der Waals surface area contributed by atoms with Crippen LogP contribution in [0.15, 0.2) is 24.3 Å². The molecular formula is C14H20O3. The van der Waals surface area contributed by atoms with E-state index >= 15 is 0 Å². The third-order valence-corrected chi connectivity index (χ3v) is 4.34. The smallest absolute Gasteiger partial charge is 0.319 e. The third kappa shape index (κ3) is 1.73. The molecule has 1 atom stereocenters. The molecule has 0 saturated heterocycles. The molecular weight excluding hydrogens is 216 g/mol. The summed E-state index contributed by atoms with van der Waals surface area (Å²) in [5, 5.41) is 10.4. The Labute approximate surface area is 102 Å². The lowest BCUT2D eigenvalue weighted by molar-refractivity contribution is -0.146.